The molecule has 1 aliphatic rings. The Balaban J connectivity index is 1.66. The van der Waals surface area contributed by atoms with E-state index in [4.69, 9.17) is 0 Å². The number of benzene rings is 1. The normalized spacial score (nSPS) is 15.5. The Morgan fingerprint density at radius 1 is 1.12 bits per heavy atom. The Labute approximate surface area is 159 Å². The lowest BCUT2D eigenvalue weighted by Gasteiger charge is -2.27. The lowest BCUT2D eigenvalue weighted by molar-refractivity contribution is -0.133. The monoisotopic (exact) mass is 370 g/mol. The summed E-state index contributed by atoms with van der Waals surface area (Å²) in [5.74, 6) is -0.326. The molecule has 1 aromatic heterocycles. The van der Waals surface area contributed by atoms with Crippen LogP contribution < -0.4 is 5.32 Å². The third-order valence-electron chi connectivity index (χ3n) is 4.90. The Hall–Kier alpha value is -2.14. The van der Waals surface area contributed by atoms with E-state index < -0.39 is 0 Å². The molecule has 0 spiro atoms. The first-order valence-electron chi connectivity index (χ1n) is 9.28. The number of amides is 2. The van der Waals surface area contributed by atoms with Gasteiger partial charge in [0.1, 0.15) is 0 Å². The molecule has 2 amide bonds. The SMILES string of the molecule is Cc1ccc(C(Cc2cccs2)C(=O)NCC(=O)N2CCCCC2)cc1. The van der Waals surface area contributed by atoms with E-state index >= 15 is 0 Å². The van der Waals surface area contributed by atoms with Crippen molar-refractivity contribution in [3.8, 4) is 0 Å². The maximum atomic E-state index is 12.9. The van der Waals surface area contributed by atoms with Gasteiger partial charge in [-0.05, 0) is 49.6 Å². The maximum absolute atomic E-state index is 12.9. The fourth-order valence-electron chi connectivity index (χ4n) is 3.33. The fourth-order valence-corrected chi connectivity index (χ4v) is 4.08. The molecule has 0 aliphatic carbocycles. The number of thiophene rings is 1. The highest BCUT2D eigenvalue weighted by molar-refractivity contribution is 7.09. The summed E-state index contributed by atoms with van der Waals surface area (Å²) in [4.78, 5) is 28.2. The van der Waals surface area contributed by atoms with Gasteiger partial charge in [-0.15, -0.1) is 11.3 Å². The first-order chi connectivity index (χ1) is 12.6. The molecule has 1 aromatic carbocycles. The zero-order valence-electron chi connectivity index (χ0n) is 15.2. The molecule has 1 saturated heterocycles. The summed E-state index contributed by atoms with van der Waals surface area (Å²) in [5, 5.41) is 4.91. The van der Waals surface area contributed by atoms with Crippen LogP contribution >= 0.6 is 11.3 Å². The van der Waals surface area contributed by atoms with Crippen LogP contribution in [0.2, 0.25) is 0 Å². The van der Waals surface area contributed by atoms with Crippen LogP contribution in [0, 0.1) is 6.92 Å². The van der Waals surface area contributed by atoms with Gasteiger partial charge in [0.2, 0.25) is 11.8 Å². The minimum atomic E-state index is -0.275. The molecule has 1 fully saturated rings. The number of rotatable bonds is 6. The van der Waals surface area contributed by atoms with Crippen LogP contribution in [0.25, 0.3) is 0 Å². The summed E-state index contributed by atoms with van der Waals surface area (Å²) in [6.45, 7) is 3.75. The highest BCUT2D eigenvalue weighted by atomic mass is 32.1. The van der Waals surface area contributed by atoms with Gasteiger partial charge in [-0.1, -0.05) is 35.9 Å². The Morgan fingerprint density at radius 3 is 2.50 bits per heavy atom. The van der Waals surface area contributed by atoms with Gasteiger partial charge < -0.3 is 10.2 Å². The number of nitrogens with one attached hydrogen (secondary N) is 1. The average Bonchev–Trinajstić information content (AvgIpc) is 3.19. The van der Waals surface area contributed by atoms with Crippen molar-refractivity contribution in [2.24, 2.45) is 0 Å². The molecule has 3 rings (SSSR count). The van der Waals surface area contributed by atoms with Crippen LogP contribution in [0.4, 0.5) is 0 Å². The van der Waals surface area contributed by atoms with Crippen molar-refractivity contribution in [2.75, 3.05) is 19.6 Å². The van der Waals surface area contributed by atoms with E-state index in [0.29, 0.717) is 6.42 Å². The summed E-state index contributed by atoms with van der Waals surface area (Å²) in [6, 6.07) is 12.1. The first-order valence-corrected chi connectivity index (χ1v) is 10.2. The molecule has 1 N–H and O–H groups in total. The molecule has 0 saturated carbocycles. The molecule has 0 radical (unpaired) electrons. The van der Waals surface area contributed by atoms with E-state index in [1.807, 2.05) is 47.5 Å². The second kappa shape index (κ2) is 8.99. The number of hydrogen-bond acceptors (Lipinski definition) is 3. The molecule has 26 heavy (non-hydrogen) atoms. The lowest BCUT2D eigenvalue weighted by atomic mass is 9.93. The van der Waals surface area contributed by atoms with Crippen molar-refractivity contribution in [2.45, 2.75) is 38.5 Å². The van der Waals surface area contributed by atoms with Gasteiger partial charge in [-0.3, -0.25) is 9.59 Å². The van der Waals surface area contributed by atoms with Crippen molar-refractivity contribution in [1.82, 2.24) is 10.2 Å². The average molecular weight is 371 g/mol. The highest BCUT2D eigenvalue weighted by Crippen LogP contribution is 2.24. The number of piperidine rings is 1. The lowest BCUT2D eigenvalue weighted by Crippen LogP contribution is -2.43. The molecular weight excluding hydrogens is 344 g/mol. The second-order valence-corrected chi connectivity index (χ2v) is 7.94. The van der Waals surface area contributed by atoms with Crippen LogP contribution in [0.15, 0.2) is 41.8 Å². The van der Waals surface area contributed by atoms with Gasteiger partial charge in [-0.25, -0.2) is 0 Å². The predicted octanol–water partition coefficient (Wildman–Crippen LogP) is 3.51. The van der Waals surface area contributed by atoms with Crippen molar-refractivity contribution in [1.29, 1.82) is 0 Å². The van der Waals surface area contributed by atoms with Gasteiger partial charge >= 0.3 is 0 Å². The number of carbonyl (C=O) groups excluding carboxylic acids is 2. The number of likely N-dealkylation sites (tertiary alicyclic amines) is 1. The summed E-state index contributed by atoms with van der Waals surface area (Å²) in [7, 11) is 0. The predicted molar refractivity (Wildman–Crippen MR) is 105 cm³/mol. The quantitative estimate of drug-likeness (QED) is 0.846. The minimum Gasteiger partial charge on any atom is -0.346 e. The van der Waals surface area contributed by atoms with E-state index in [2.05, 4.69) is 11.4 Å². The minimum absolute atomic E-state index is 0.0248. The standard InChI is InChI=1S/C21H26N2O2S/c1-16-7-9-17(10-8-16)19(14-18-6-5-13-26-18)21(25)22-15-20(24)23-11-3-2-4-12-23/h5-10,13,19H,2-4,11-12,14-15H2,1H3,(H,22,25). The molecule has 2 aromatic rings. The molecule has 1 aliphatic heterocycles. The van der Waals surface area contributed by atoms with Crippen LogP contribution in [0.1, 0.15) is 41.2 Å². The van der Waals surface area contributed by atoms with E-state index in [0.717, 1.165) is 31.5 Å². The molecule has 138 valence electrons. The number of nitrogens with zero attached hydrogens (tertiary/aromatic N) is 1. The van der Waals surface area contributed by atoms with Gasteiger partial charge in [0, 0.05) is 18.0 Å². The zero-order chi connectivity index (χ0) is 18.4. The molecule has 1 unspecified atom stereocenters. The van der Waals surface area contributed by atoms with Crippen LogP contribution in [0.5, 0.6) is 0 Å². The van der Waals surface area contributed by atoms with Crippen LogP contribution in [-0.4, -0.2) is 36.3 Å². The van der Waals surface area contributed by atoms with Crippen molar-refractivity contribution in [3.05, 3.63) is 57.8 Å². The van der Waals surface area contributed by atoms with Gasteiger partial charge in [-0.2, -0.15) is 0 Å². The second-order valence-electron chi connectivity index (χ2n) is 6.91. The summed E-state index contributed by atoms with van der Waals surface area (Å²) < 4.78 is 0. The fraction of sp³-hybridized carbons (Fsp3) is 0.429. The largest absolute Gasteiger partial charge is 0.346 e. The van der Waals surface area contributed by atoms with Crippen molar-refractivity contribution in [3.63, 3.8) is 0 Å². The number of hydrogen-bond donors (Lipinski definition) is 1. The van der Waals surface area contributed by atoms with Crippen molar-refractivity contribution >= 4 is 23.2 Å². The summed E-state index contributed by atoms with van der Waals surface area (Å²) >= 11 is 1.66. The summed E-state index contributed by atoms with van der Waals surface area (Å²) in [6.07, 6.45) is 3.96. The van der Waals surface area contributed by atoms with Crippen molar-refractivity contribution < 1.29 is 9.59 Å². The van der Waals surface area contributed by atoms with Gasteiger partial charge in [0.05, 0.1) is 12.5 Å². The van der Waals surface area contributed by atoms with Crippen LogP contribution in [0.3, 0.4) is 0 Å². The van der Waals surface area contributed by atoms with E-state index in [-0.39, 0.29) is 24.3 Å². The smallest absolute Gasteiger partial charge is 0.241 e. The molecule has 1 atom stereocenters. The van der Waals surface area contributed by atoms with E-state index in [1.165, 1.54) is 16.9 Å². The maximum Gasteiger partial charge on any atom is 0.241 e. The van der Waals surface area contributed by atoms with E-state index in [9.17, 15) is 9.59 Å². The Morgan fingerprint density at radius 2 is 1.85 bits per heavy atom. The molecule has 4 nitrogen and oxygen atoms in total. The first kappa shape index (κ1) is 18.6. The molecular formula is C21H26N2O2S. The van der Waals surface area contributed by atoms with E-state index in [1.54, 1.807) is 11.3 Å². The molecule has 0 bridgehead atoms. The third-order valence-corrected chi connectivity index (χ3v) is 5.80. The topological polar surface area (TPSA) is 49.4 Å². The molecule has 5 heteroatoms. The Kier molecular flexibility index (Phi) is 6.45. The third kappa shape index (κ3) is 4.94. The zero-order valence-corrected chi connectivity index (χ0v) is 16.1. The number of aryl methyl sites for hydroxylation is 1. The van der Waals surface area contributed by atoms with Gasteiger partial charge in [0.25, 0.3) is 0 Å². The van der Waals surface area contributed by atoms with Crippen LogP contribution in [-0.2, 0) is 16.0 Å². The molecule has 2 heterocycles. The summed E-state index contributed by atoms with van der Waals surface area (Å²) in [5.41, 5.74) is 2.16. The van der Waals surface area contributed by atoms with Gasteiger partial charge in [0.15, 0.2) is 0 Å². The highest BCUT2D eigenvalue weighted by Gasteiger charge is 2.23. The number of carbonyl (C=O) groups is 2. The Bertz CT molecular complexity index is 719.